The second kappa shape index (κ2) is 8.55. The molecule has 0 fully saturated rings. The molecule has 0 aliphatic carbocycles. The van der Waals surface area contributed by atoms with Gasteiger partial charge in [-0.15, -0.1) is 0 Å². The first kappa shape index (κ1) is 21.7. The van der Waals surface area contributed by atoms with E-state index in [1.165, 1.54) is 12.1 Å². The second-order valence-corrected chi connectivity index (χ2v) is 7.60. The zero-order chi connectivity index (χ0) is 22.9. The Morgan fingerprint density at radius 3 is 2.47 bits per heavy atom. The number of fused-ring (bicyclic) bond motifs is 1. The van der Waals surface area contributed by atoms with E-state index in [9.17, 15) is 22.8 Å². The van der Waals surface area contributed by atoms with Crippen LogP contribution < -0.4 is 15.5 Å². The quantitative estimate of drug-likeness (QED) is 0.531. The molecule has 0 radical (unpaired) electrons. The molecule has 1 unspecified atom stereocenters. The predicted molar refractivity (Wildman–Crippen MR) is 116 cm³/mol. The number of amides is 2. The fourth-order valence-electron chi connectivity index (χ4n) is 3.41. The lowest BCUT2D eigenvalue weighted by Gasteiger charge is -2.35. The number of hydrogen-bond acceptors (Lipinski definition) is 3. The Labute approximate surface area is 186 Å². The van der Waals surface area contributed by atoms with Gasteiger partial charge in [-0.2, -0.15) is 13.2 Å². The van der Waals surface area contributed by atoms with Crippen molar-refractivity contribution >= 4 is 40.5 Å². The van der Waals surface area contributed by atoms with Gasteiger partial charge in [-0.3, -0.25) is 14.5 Å². The molecule has 0 bridgehead atoms. The SMILES string of the molecule is O=C(NCc1ccc(Cl)cc1)C1Nc2ccccc2N(c2cccc(C(F)(F)F)c2)C1=O. The van der Waals surface area contributed by atoms with E-state index in [0.717, 1.165) is 22.6 Å². The maximum atomic E-state index is 13.3. The number of anilines is 3. The highest BCUT2D eigenvalue weighted by atomic mass is 35.5. The van der Waals surface area contributed by atoms with Crippen LogP contribution >= 0.6 is 11.6 Å². The Bertz CT molecular complexity index is 1170. The zero-order valence-electron chi connectivity index (χ0n) is 16.5. The molecule has 32 heavy (non-hydrogen) atoms. The van der Waals surface area contributed by atoms with Gasteiger partial charge in [0, 0.05) is 17.3 Å². The molecule has 0 saturated carbocycles. The van der Waals surface area contributed by atoms with Crippen LogP contribution in [0.25, 0.3) is 0 Å². The summed E-state index contributed by atoms with van der Waals surface area (Å²) in [6.45, 7) is 0.159. The van der Waals surface area contributed by atoms with E-state index in [0.29, 0.717) is 16.4 Å². The van der Waals surface area contributed by atoms with Crippen molar-refractivity contribution in [2.45, 2.75) is 18.8 Å². The summed E-state index contributed by atoms with van der Waals surface area (Å²) in [5.41, 5.74) is 0.729. The van der Waals surface area contributed by atoms with Gasteiger partial charge in [0.15, 0.2) is 6.04 Å². The van der Waals surface area contributed by atoms with Gasteiger partial charge in [-0.1, -0.05) is 41.9 Å². The molecule has 1 aliphatic heterocycles. The van der Waals surface area contributed by atoms with Gasteiger partial charge < -0.3 is 10.6 Å². The second-order valence-electron chi connectivity index (χ2n) is 7.16. The maximum Gasteiger partial charge on any atom is 0.416 e. The van der Waals surface area contributed by atoms with Crippen LogP contribution in [0.3, 0.4) is 0 Å². The number of hydrogen-bond donors (Lipinski definition) is 2. The van der Waals surface area contributed by atoms with Crippen LogP contribution in [0.2, 0.25) is 5.02 Å². The molecule has 9 heteroatoms. The van der Waals surface area contributed by atoms with Crippen LogP contribution in [0.4, 0.5) is 30.2 Å². The third kappa shape index (κ3) is 4.40. The van der Waals surface area contributed by atoms with E-state index in [4.69, 9.17) is 11.6 Å². The lowest BCUT2D eigenvalue weighted by atomic mass is 10.1. The molecule has 0 saturated heterocycles. The summed E-state index contributed by atoms with van der Waals surface area (Å²) in [5.74, 6) is -1.28. The average Bonchev–Trinajstić information content (AvgIpc) is 2.77. The first-order valence-corrected chi connectivity index (χ1v) is 10.0. The summed E-state index contributed by atoms with van der Waals surface area (Å²) in [7, 11) is 0. The number of halogens is 4. The fourth-order valence-corrected chi connectivity index (χ4v) is 3.54. The molecule has 0 spiro atoms. The van der Waals surface area contributed by atoms with E-state index < -0.39 is 29.6 Å². The number of para-hydroxylation sites is 2. The molecule has 5 nitrogen and oxygen atoms in total. The smallest absolute Gasteiger partial charge is 0.364 e. The van der Waals surface area contributed by atoms with Crippen molar-refractivity contribution in [3.63, 3.8) is 0 Å². The molecule has 1 heterocycles. The zero-order valence-corrected chi connectivity index (χ0v) is 17.2. The van der Waals surface area contributed by atoms with E-state index >= 15 is 0 Å². The van der Waals surface area contributed by atoms with Crippen molar-refractivity contribution in [3.05, 3.63) is 88.9 Å². The van der Waals surface area contributed by atoms with Crippen molar-refractivity contribution in [3.8, 4) is 0 Å². The highest BCUT2D eigenvalue weighted by Gasteiger charge is 2.39. The lowest BCUT2D eigenvalue weighted by Crippen LogP contribution is -2.53. The third-order valence-corrected chi connectivity index (χ3v) is 5.24. The molecular formula is C23H17ClF3N3O2. The Morgan fingerprint density at radius 1 is 1.03 bits per heavy atom. The van der Waals surface area contributed by atoms with Gasteiger partial charge in [0.05, 0.1) is 16.9 Å². The Morgan fingerprint density at radius 2 is 1.75 bits per heavy atom. The molecule has 4 rings (SSSR count). The predicted octanol–water partition coefficient (Wildman–Crippen LogP) is 5.13. The van der Waals surface area contributed by atoms with Crippen LogP contribution in [-0.2, 0) is 22.3 Å². The summed E-state index contributed by atoms with van der Waals surface area (Å²) < 4.78 is 39.7. The Hall–Kier alpha value is -3.52. The molecule has 1 atom stereocenters. The number of nitrogens with zero attached hydrogens (tertiary/aromatic N) is 1. The topological polar surface area (TPSA) is 61.4 Å². The van der Waals surface area contributed by atoms with Gasteiger partial charge in [0.25, 0.3) is 11.8 Å². The molecule has 1 aliphatic rings. The maximum absolute atomic E-state index is 13.3. The monoisotopic (exact) mass is 459 g/mol. The van der Waals surface area contributed by atoms with Crippen molar-refractivity contribution < 1.29 is 22.8 Å². The number of alkyl halides is 3. The number of carbonyl (C=O) groups excluding carboxylic acids is 2. The molecule has 2 amide bonds. The van der Waals surface area contributed by atoms with Crippen molar-refractivity contribution in [2.24, 2.45) is 0 Å². The minimum Gasteiger partial charge on any atom is -0.364 e. The molecule has 164 valence electrons. The minimum atomic E-state index is -4.57. The lowest BCUT2D eigenvalue weighted by molar-refractivity contribution is -0.137. The van der Waals surface area contributed by atoms with Crippen LogP contribution in [0.1, 0.15) is 11.1 Å². The van der Waals surface area contributed by atoms with Crippen LogP contribution in [0.5, 0.6) is 0 Å². The highest BCUT2D eigenvalue weighted by Crippen LogP contribution is 2.39. The molecular weight excluding hydrogens is 443 g/mol. The van der Waals surface area contributed by atoms with Crippen molar-refractivity contribution in [2.75, 3.05) is 10.2 Å². The molecule has 3 aromatic rings. The van der Waals surface area contributed by atoms with Crippen LogP contribution in [-0.4, -0.2) is 17.9 Å². The average molecular weight is 460 g/mol. The molecule has 2 N–H and O–H groups in total. The van der Waals surface area contributed by atoms with Gasteiger partial charge in [-0.05, 0) is 48.0 Å². The number of carbonyl (C=O) groups is 2. The Balaban J connectivity index is 1.63. The van der Waals surface area contributed by atoms with Crippen molar-refractivity contribution in [1.82, 2.24) is 5.32 Å². The minimum absolute atomic E-state index is 0.0225. The summed E-state index contributed by atoms with van der Waals surface area (Å²) in [6, 6.07) is 16.6. The summed E-state index contributed by atoms with van der Waals surface area (Å²) in [4.78, 5) is 27.2. The largest absolute Gasteiger partial charge is 0.416 e. The highest BCUT2D eigenvalue weighted by molar-refractivity contribution is 6.30. The first-order chi connectivity index (χ1) is 15.2. The van der Waals surface area contributed by atoms with Gasteiger partial charge in [0.1, 0.15) is 0 Å². The summed E-state index contributed by atoms with van der Waals surface area (Å²) >= 11 is 5.86. The number of benzene rings is 3. The fraction of sp³-hybridized carbons (Fsp3) is 0.130. The first-order valence-electron chi connectivity index (χ1n) is 9.63. The summed E-state index contributed by atoms with van der Waals surface area (Å²) in [6.07, 6.45) is -4.57. The number of nitrogens with one attached hydrogen (secondary N) is 2. The molecule has 3 aromatic carbocycles. The third-order valence-electron chi connectivity index (χ3n) is 4.99. The van der Waals surface area contributed by atoms with E-state index in [1.807, 2.05) is 0 Å². The Kier molecular flexibility index (Phi) is 5.80. The van der Waals surface area contributed by atoms with E-state index in [-0.39, 0.29) is 12.2 Å². The van der Waals surface area contributed by atoms with Crippen LogP contribution in [0, 0.1) is 0 Å². The number of rotatable bonds is 4. The van der Waals surface area contributed by atoms with Crippen LogP contribution in [0.15, 0.2) is 72.8 Å². The van der Waals surface area contributed by atoms with E-state index in [1.54, 1.807) is 48.5 Å². The van der Waals surface area contributed by atoms with E-state index in [2.05, 4.69) is 10.6 Å². The normalized spacial score (nSPS) is 15.7. The van der Waals surface area contributed by atoms with Gasteiger partial charge in [0.2, 0.25) is 0 Å². The van der Waals surface area contributed by atoms with Gasteiger partial charge >= 0.3 is 6.18 Å². The molecule has 0 aromatic heterocycles. The standard InChI is InChI=1S/C23H17ClF3N3O2/c24-16-10-8-14(9-11-16)13-28-21(31)20-22(32)30(19-7-2-1-6-18(19)29-20)17-5-3-4-15(12-17)23(25,26)27/h1-12,20,29H,13H2,(H,28,31). The summed E-state index contributed by atoms with van der Waals surface area (Å²) in [5, 5.41) is 6.13. The van der Waals surface area contributed by atoms with Crippen molar-refractivity contribution in [1.29, 1.82) is 0 Å². The van der Waals surface area contributed by atoms with Gasteiger partial charge in [-0.25, -0.2) is 0 Å².